The first-order valence-electron chi connectivity index (χ1n) is 5.22. The summed E-state index contributed by atoms with van der Waals surface area (Å²) in [5.74, 6) is 0.311. The Hall–Kier alpha value is -1.13. The van der Waals surface area contributed by atoms with E-state index in [0.29, 0.717) is 12.5 Å². The van der Waals surface area contributed by atoms with Gasteiger partial charge in [0, 0.05) is 28.8 Å². The average molecular weight is 280 g/mol. The minimum atomic E-state index is 0.311. The Balaban J connectivity index is 2.40. The zero-order valence-electron chi connectivity index (χ0n) is 9.10. The smallest absolute Gasteiger partial charge is 0.0649 e. The lowest BCUT2D eigenvalue weighted by Crippen LogP contribution is -2.13. The summed E-state index contributed by atoms with van der Waals surface area (Å²) in [6.07, 6.45) is 1.81. The monoisotopic (exact) mass is 279 g/mol. The first-order valence-corrected chi connectivity index (χ1v) is 6.01. The summed E-state index contributed by atoms with van der Waals surface area (Å²) in [7, 11) is 0. The van der Waals surface area contributed by atoms with Gasteiger partial charge in [0.05, 0.1) is 5.69 Å². The maximum absolute atomic E-state index is 5.69. The molecule has 0 aliphatic rings. The Kier molecular flexibility index (Phi) is 3.41. The highest BCUT2D eigenvalue weighted by molar-refractivity contribution is 9.10. The van der Waals surface area contributed by atoms with Gasteiger partial charge in [-0.25, -0.2) is 4.68 Å². The number of nitrogens with zero attached hydrogens (tertiary/aromatic N) is 2. The van der Waals surface area contributed by atoms with Gasteiger partial charge in [-0.2, -0.15) is 5.10 Å². The van der Waals surface area contributed by atoms with Crippen LogP contribution in [0.2, 0.25) is 0 Å². The Bertz CT molecular complexity index is 461. The highest BCUT2D eigenvalue weighted by Crippen LogP contribution is 2.19. The van der Waals surface area contributed by atoms with Crippen LogP contribution in [-0.2, 0) is 0 Å². The topological polar surface area (TPSA) is 43.8 Å². The molecular weight excluding hydrogens is 266 g/mol. The van der Waals surface area contributed by atoms with Crippen molar-refractivity contribution in [1.29, 1.82) is 0 Å². The molecule has 2 N–H and O–H groups in total. The number of aromatic nitrogens is 2. The van der Waals surface area contributed by atoms with Crippen LogP contribution in [0.3, 0.4) is 0 Å². The fourth-order valence-corrected chi connectivity index (χ4v) is 1.87. The van der Waals surface area contributed by atoms with Crippen LogP contribution in [-0.4, -0.2) is 16.3 Å². The van der Waals surface area contributed by atoms with E-state index in [1.807, 2.05) is 41.2 Å². The first kappa shape index (κ1) is 11.4. The third-order valence-corrected chi connectivity index (χ3v) is 3.13. The molecule has 0 aliphatic heterocycles. The third-order valence-electron chi connectivity index (χ3n) is 2.60. The second kappa shape index (κ2) is 4.80. The van der Waals surface area contributed by atoms with Crippen LogP contribution in [0.5, 0.6) is 0 Å². The fraction of sp³-hybridized carbons (Fsp3) is 0.250. The zero-order valence-corrected chi connectivity index (χ0v) is 10.7. The van der Waals surface area contributed by atoms with E-state index in [-0.39, 0.29) is 0 Å². The first-order chi connectivity index (χ1) is 7.72. The molecule has 4 heteroatoms. The normalized spacial score (nSPS) is 12.7. The van der Waals surface area contributed by atoms with E-state index in [4.69, 9.17) is 5.73 Å². The molecule has 0 amide bonds. The van der Waals surface area contributed by atoms with Gasteiger partial charge in [0.2, 0.25) is 0 Å². The lowest BCUT2D eigenvalue weighted by Gasteiger charge is -2.12. The van der Waals surface area contributed by atoms with Crippen molar-refractivity contribution < 1.29 is 0 Å². The van der Waals surface area contributed by atoms with Crippen LogP contribution < -0.4 is 5.73 Å². The van der Waals surface area contributed by atoms with Crippen LogP contribution in [0.25, 0.3) is 5.69 Å². The van der Waals surface area contributed by atoms with Gasteiger partial charge in [0.15, 0.2) is 0 Å². The third kappa shape index (κ3) is 2.18. The SMILES string of the molecule is CC(CN)c1ccnn1-c1ccc(Br)cc1. The molecule has 1 unspecified atom stereocenters. The summed E-state index contributed by atoms with van der Waals surface area (Å²) in [5.41, 5.74) is 7.89. The number of hydrogen-bond acceptors (Lipinski definition) is 2. The maximum Gasteiger partial charge on any atom is 0.0649 e. The molecule has 1 heterocycles. The van der Waals surface area contributed by atoms with Gasteiger partial charge >= 0.3 is 0 Å². The van der Waals surface area contributed by atoms with Crippen molar-refractivity contribution in [1.82, 2.24) is 9.78 Å². The summed E-state index contributed by atoms with van der Waals surface area (Å²) in [6.45, 7) is 2.73. The van der Waals surface area contributed by atoms with Crippen molar-refractivity contribution in [3.63, 3.8) is 0 Å². The Morgan fingerprint density at radius 1 is 1.31 bits per heavy atom. The Morgan fingerprint density at radius 3 is 2.62 bits per heavy atom. The summed E-state index contributed by atoms with van der Waals surface area (Å²) < 4.78 is 3.00. The molecule has 1 aromatic carbocycles. The van der Waals surface area contributed by atoms with E-state index in [0.717, 1.165) is 15.9 Å². The summed E-state index contributed by atoms with van der Waals surface area (Å²) in [4.78, 5) is 0. The molecule has 1 atom stereocenters. The number of halogens is 1. The largest absolute Gasteiger partial charge is 0.330 e. The number of rotatable bonds is 3. The van der Waals surface area contributed by atoms with Crippen molar-refractivity contribution in [2.24, 2.45) is 5.73 Å². The quantitative estimate of drug-likeness (QED) is 0.939. The van der Waals surface area contributed by atoms with Crippen molar-refractivity contribution in [3.05, 3.63) is 46.7 Å². The lowest BCUT2D eigenvalue weighted by molar-refractivity contribution is 0.691. The molecule has 3 nitrogen and oxygen atoms in total. The number of benzene rings is 1. The molecule has 0 saturated carbocycles. The zero-order chi connectivity index (χ0) is 11.5. The summed E-state index contributed by atoms with van der Waals surface area (Å²) in [6, 6.07) is 10.1. The molecule has 0 bridgehead atoms. The van der Waals surface area contributed by atoms with Crippen molar-refractivity contribution >= 4 is 15.9 Å². The van der Waals surface area contributed by atoms with Gasteiger partial charge in [-0.3, -0.25) is 0 Å². The second-order valence-corrected chi connectivity index (χ2v) is 4.70. The molecule has 0 saturated heterocycles. The molecule has 2 aromatic rings. The minimum absolute atomic E-state index is 0.311. The summed E-state index contributed by atoms with van der Waals surface area (Å²) in [5, 5.41) is 4.33. The summed E-state index contributed by atoms with van der Waals surface area (Å²) >= 11 is 3.42. The van der Waals surface area contributed by atoms with Gasteiger partial charge in [0.1, 0.15) is 0 Å². The molecule has 0 aliphatic carbocycles. The van der Waals surface area contributed by atoms with Gasteiger partial charge in [-0.15, -0.1) is 0 Å². The van der Waals surface area contributed by atoms with Crippen molar-refractivity contribution in [3.8, 4) is 5.69 Å². The van der Waals surface area contributed by atoms with Crippen LogP contribution in [0.1, 0.15) is 18.5 Å². The molecule has 0 spiro atoms. The lowest BCUT2D eigenvalue weighted by atomic mass is 10.1. The molecular formula is C12H14BrN3. The minimum Gasteiger partial charge on any atom is -0.330 e. The molecule has 2 rings (SSSR count). The number of nitrogens with two attached hydrogens (primary N) is 1. The van der Waals surface area contributed by atoms with E-state index in [9.17, 15) is 0 Å². The van der Waals surface area contributed by atoms with Crippen LogP contribution in [0, 0.1) is 0 Å². The predicted octanol–water partition coefficient (Wildman–Crippen LogP) is 2.70. The van der Waals surface area contributed by atoms with E-state index >= 15 is 0 Å². The second-order valence-electron chi connectivity index (χ2n) is 3.78. The van der Waals surface area contributed by atoms with Gasteiger partial charge in [0.25, 0.3) is 0 Å². The van der Waals surface area contributed by atoms with E-state index in [1.54, 1.807) is 0 Å². The van der Waals surface area contributed by atoms with Crippen molar-refractivity contribution in [2.75, 3.05) is 6.54 Å². The molecule has 0 fully saturated rings. The van der Waals surface area contributed by atoms with Gasteiger partial charge in [-0.05, 0) is 30.3 Å². The van der Waals surface area contributed by atoms with Gasteiger partial charge < -0.3 is 5.73 Å². The fourth-order valence-electron chi connectivity index (χ4n) is 1.61. The van der Waals surface area contributed by atoms with E-state index < -0.39 is 0 Å². The predicted molar refractivity (Wildman–Crippen MR) is 68.7 cm³/mol. The molecule has 16 heavy (non-hydrogen) atoms. The van der Waals surface area contributed by atoms with Crippen molar-refractivity contribution in [2.45, 2.75) is 12.8 Å². The van der Waals surface area contributed by atoms with Gasteiger partial charge in [-0.1, -0.05) is 22.9 Å². The Labute approximate surface area is 103 Å². The highest BCUT2D eigenvalue weighted by atomic mass is 79.9. The highest BCUT2D eigenvalue weighted by Gasteiger charge is 2.10. The van der Waals surface area contributed by atoms with E-state index in [1.165, 1.54) is 0 Å². The van der Waals surface area contributed by atoms with Crippen LogP contribution in [0.4, 0.5) is 0 Å². The average Bonchev–Trinajstić information content (AvgIpc) is 2.78. The molecule has 84 valence electrons. The number of hydrogen-bond donors (Lipinski definition) is 1. The van der Waals surface area contributed by atoms with Crippen LogP contribution in [0.15, 0.2) is 41.0 Å². The van der Waals surface area contributed by atoms with E-state index in [2.05, 4.69) is 28.0 Å². The maximum atomic E-state index is 5.69. The van der Waals surface area contributed by atoms with Crippen LogP contribution >= 0.6 is 15.9 Å². The molecule has 1 aromatic heterocycles. The standard InChI is InChI=1S/C12H14BrN3/c1-9(8-14)12-6-7-15-16(12)11-4-2-10(13)3-5-11/h2-7,9H,8,14H2,1H3. The molecule has 0 radical (unpaired) electrons. The Morgan fingerprint density at radius 2 is 2.00 bits per heavy atom.